The molecule has 1 N–H and O–H groups in total. The lowest BCUT2D eigenvalue weighted by atomic mass is 10.1. The zero-order valence-electron chi connectivity index (χ0n) is 8.66. The maximum absolute atomic E-state index is 12.6. The summed E-state index contributed by atoms with van der Waals surface area (Å²) in [5.41, 5.74) is -0.398. The molecule has 1 rings (SSSR count). The molecule has 0 amide bonds. The first-order valence-corrected chi connectivity index (χ1v) is 4.43. The first-order valence-electron chi connectivity index (χ1n) is 4.43. The summed E-state index contributed by atoms with van der Waals surface area (Å²) in [6, 6.07) is 2.94. The summed E-state index contributed by atoms with van der Waals surface area (Å²) in [5, 5.41) is 9.14. The van der Waals surface area contributed by atoms with Gasteiger partial charge in [-0.3, -0.25) is 0 Å². The molecule has 0 fully saturated rings. The highest BCUT2D eigenvalue weighted by Crippen LogP contribution is 2.19. The molecule has 0 unspecified atom stereocenters. The molecule has 0 aliphatic heterocycles. The number of aliphatic hydroxyl groups is 1. The first-order chi connectivity index (χ1) is 6.47. The summed E-state index contributed by atoms with van der Waals surface area (Å²) in [4.78, 5) is 5.74. The predicted molar refractivity (Wildman–Crippen MR) is 53.8 cm³/mol. The van der Waals surface area contributed by atoms with E-state index in [1.54, 1.807) is 6.07 Å². The van der Waals surface area contributed by atoms with Gasteiger partial charge in [0.05, 0.1) is 18.3 Å². The van der Waals surface area contributed by atoms with Crippen molar-refractivity contribution in [1.29, 1.82) is 0 Å². The first kappa shape index (κ1) is 10.9. The summed E-state index contributed by atoms with van der Waals surface area (Å²) >= 11 is 0. The van der Waals surface area contributed by atoms with Crippen LogP contribution in [0.25, 0.3) is 0 Å². The number of anilines is 1. The molecule has 4 heteroatoms. The van der Waals surface area contributed by atoms with E-state index in [1.807, 2.05) is 25.8 Å². The Morgan fingerprint density at radius 3 is 2.57 bits per heavy atom. The summed E-state index contributed by atoms with van der Waals surface area (Å²) in [6.45, 7) is 3.79. The van der Waals surface area contributed by atoms with Crippen molar-refractivity contribution in [2.45, 2.75) is 19.4 Å². The molecule has 1 heterocycles. The van der Waals surface area contributed by atoms with Gasteiger partial charge in [0.2, 0.25) is 0 Å². The fourth-order valence-corrected chi connectivity index (χ4v) is 0.983. The van der Waals surface area contributed by atoms with Crippen molar-refractivity contribution in [2.24, 2.45) is 0 Å². The van der Waals surface area contributed by atoms with Crippen molar-refractivity contribution >= 4 is 5.82 Å². The van der Waals surface area contributed by atoms with Crippen LogP contribution in [0.2, 0.25) is 0 Å². The van der Waals surface area contributed by atoms with Gasteiger partial charge in [0, 0.05) is 7.05 Å². The molecule has 78 valence electrons. The van der Waals surface area contributed by atoms with Crippen LogP contribution in [0.3, 0.4) is 0 Å². The third-order valence-corrected chi connectivity index (χ3v) is 2.35. The van der Waals surface area contributed by atoms with Gasteiger partial charge in [0.15, 0.2) is 0 Å². The van der Waals surface area contributed by atoms with Gasteiger partial charge in [-0.2, -0.15) is 0 Å². The zero-order chi connectivity index (χ0) is 10.8. The van der Waals surface area contributed by atoms with Crippen LogP contribution in [0.1, 0.15) is 13.8 Å². The lowest BCUT2D eigenvalue weighted by molar-refractivity contribution is 0.215. The average Bonchev–Trinajstić information content (AvgIpc) is 2.18. The van der Waals surface area contributed by atoms with E-state index in [-0.39, 0.29) is 12.4 Å². The molecular formula is C10H15FN2O. The Balaban J connectivity index is 2.89. The Morgan fingerprint density at radius 1 is 1.50 bits per heavy atom. The summed E-state index contributed by atoms with van der Waals surface area (Å²) in [5.74, 6) is 0.286. The van der Waals surface area contributed by atoms with Gasteiger partial charge in [-0.1, -0.05) is 0 Å². The number of rotatable bonds is 3. The maximum Gasteiger partial charge on any atom is 0.141 e. The van der Waals surface area contributed by atoms with E-state index in [4.69, 9.17) is 5.11 Å². The van der Waals surface area contributed by atoms with Gasteiger partial charge in [0.1, 0.15) is 11.6 Å². The highest BCUT2D eigenvalue weighted by atomic mass is 19.1. The molecule has 0 atom stereocenters. The van der Waals surface area contributed by atoms with Crippen LogP contribution in [0, 0.1) is 5.82 Å². The Morgan fingerprint density at radius 2 is 2.14 bits per heavy atom. The van der Waals surface area contributed by atoms with Crippen LogP contribution in [0.5, 0.6) is 0 Å². The van der Waals surface area contributed by atoms with Gasteiger partial charge in [-0.15, -0.1) is 0 Å². The van der Waals surface area contributed by atoms with Gasteiger partial charge >= 0.3 is 0 Å². The number of hydrogen-bond acceptors (Lipinski definition) is 3. The molecule has 0 aliphatic rings. The van der Waals surface area contributed by atoms with E-state index in [0.29, 0.717) is 5.82 Å². The number of pyridine rings is 1. The number of halogens is 1. The Hall–Kier alpha value is -1.16. The number of aliphatic hydroxyl groups excluding tert-OH is 1. The predicted octanol–water partition coefficient (Wildman–Crippen LogP) is 1.43. The van der Waals surface area contributed by atoms with E-state index in [1.165, 1.54) is 12.3 Å². The molecule has 0 saturated heterocycles. The maximum atomic E-state index is 12.6. The van der Waals surface area contributed by atoms with E-state index in [0.717, 1.165) is 0 Å². The van der Waals surface area contributed by atoms with E-state index in [9.17, 15) is 4.39 Å². The number of hydrogen-bond donors (Lipinski definition) is 1. The van der Waals surface area contributed by atoms with Crippen LogP contribution in [-0.4, -0.2) is 29.3 Å². The van der Waals surface area contributed by atoms with Crippen LogP contribution in [-0.2, 0) is 0 Å². The van der Waals surface area contributed by atoms with Crippen molar-refractivity contribution < 1.29 is 9.50 Å². The molecule has 14 heavy (non-hydrogen) atoms. The van der Waals surface area contributed by atoms with Crippen molar-refractivity contribution in [1.82, 2.24) is 4.98 Å². The van der Waals surface area contributed by atoms with Gasteiger partial charge < -0.3 is 10.0 Å². The van der Waals surface area contributed by atoms with E-state index < -0.39 is 5.54 Å². The number of aromatic nitrogens is 1. The lowest BCUT2D eigenvalue weighted by Gasteiger charge is -2.34. The van der Waals surface area contributed by atoms with Crippen molar-refractivity contribution in [3.8, 4) is 0 Å². The highest BCUT2D eigenvalue weighted by molar-refractivity contribution is 5.40. The van der Waals surface area contributed by atoms with Crippen molar-refractivity contribution in [3.63, 3.8) is 0 Å². The molecule has 0 aliphatic carbocycles. The smallest absolute Gasteiger partial charge is 0.141 e. The van der Waals surface area contributed by atoms with Gasteiger partial charge in [-0.25, -0.2) is 9.37 Å². The minimum Gasteiger partial charge on any atom is -0.394 e. The normalized spacial score (nSPS) is 11.5. The van der Waals surface area contributed by atoms with E-state index >= 15 is 0 Å². The number of nitrogens with zero attached hydrogens (tertiary/aromatic N) is 2. The van der Waals surface area contributed by atoms with Gasteiger partial charge in [0.25, 0.3) is 0 Å². The second kappa shape index (κ2) is 3.92. The zero-order valence-corrected chi connectivity index (χ0v) is 8.66. The Bertz CT molecular complexity index is 297. The fourth-order valence-electron chi connectivity index (χ4n) is 0.983. The molecule has 0 aromatic carbocycles. The molecule has 1 aromatic heterocycles. The quantitative estimate of drug-likeness (QED) is 0.798. The Labute approximate surface area is 83.2 Å². The monoisotopic (exact) mass is 198 g/mol. The SMILES string of the molecule is CN(c1ccc(F)cn1)C(C)(C)CO. The summed E-state index contributed by atoms with van der Waals surface area (Å²) < 4.78 is 12.6. The van der Waals surface area contributed by atoms with Crippen LogP contribution in [0.4, 0.5) is 10.2 Å². The average molecular weight is 198 g/mol. The van der Waals surface area contributed by atoms with E-state index in [2.05, 4.69) is 4.98 Å². The largest absolute Gasteiger partial charge is 0.394 e. The van der Waals surface area contributed by atoms with Gasteiger partial charge in [-0.05, 0) is 26.0 Å². The fraction of sp³-hybridized carbons (Fsp3) is 0.500. The molecule has 0 spiro atoms. The van der Waals surface area contributed by atoms with Crippen molar-refractivity contribution in [3.05, 3.63) is 24.1 Å². The number of likely N-dealkylation sites (N-methyl/N-ethyl adjacent to an activating group) is 1. The topological polar surface area (TPSA) is 36.4 Å². The van der Waals surface area contributed by atoms with Crippen molar-refractivity contribution in [2.75, 3.05) is 18.6 Å². The second-order valence-electron chi connectivity index (χ2n) is 3.86. The van der Waals surface area contributed by atoms with Crippen LogP contribution >= 0.6 is 0 Å². The third-order valence-electron chi connectivity index (χ3n) is 2.35. The molecule has 0 radical (unpaired) electrons. The standard InChI is InChI=1S/C10H15FN2O/c1-10(2,7-14)13(3)9-5-4-8(11)6-12-9/h4-6,14H,7H2,1-3H3. The molecule has 0 saturated carbocycles. The Kier molecular flexibility index (Phi) is 3.06. The summed E-state index contributed by atoms with van der Waals surface area (Å²) in [7, 11) is 1.82. The van der Waals surface area contributed by atoms with Crippen LogP contribution < -0.4 is 4.90 Å². The minimum absolute atomic E-state index is 0.0164. The lowest BCUT2D eigenvalue weighted by Crippen LogP contribution is -2.44. The van der Waals surface area contributed by atoms with Crippen LogP contribution in [0.15, 0.2) is 18.3 Å². The second-order valence-corrected chi connectivity index (χ2v) is 3.86. The minimum atomic E-state index is -0.398. The summed E-state index contributed by atoms with van der Waals surface area (Å²) in [6.07, 6.45) is 1.17. The highest BCUT2D eigenvalue weighted by Gasteiger charge is 2.23. The molecular weight excluding hydrogens is 183 g/mol. The third kappa shape index (κ3) is 2.20. The molecule has 3 nitrogen and oxygen atoms in total. The molecule has 0 bridgehead atoms. The molecule has 1 aromatic rings.